The van der Waals surface area contributed by atoms with Crippen LogP contribution in [-0.2, 0) is 4.79 Å². The summed E-state index contributed by atoms with van der Waals surface area (Å²) in [4.78, 5) is 22.2. The third kappa shape index (κ3) is 3.84. The summed E-state index contributed by atoms with van der Waals surface area (Å²) in [5, 5.41) is 12.4. The van der Waals surface area contributed by atoms with E-state index in [0.717, 1.165) is 21.8 Å². The zero-order valence-electron chi connectivity index (χ0n) is 13.4. The molecule has 2 aromatic rings. The molecule has 2 heterocycles. The number of carbonyl (C=O) groups is 1. The molecule has 2 N–H and O–H groups in total. The summed E-state index contributed by atoms with van der Waals surface area (Å²) in [5.41, 5.74) is 0.936. The van der Waals surface area contributed by atoms with Crippen LogP contribution in [0.4, 0.5) is 17.3 Å². The number of hydrogen-bond donors (Lipinski definition) is 2. The largest absolute Gasteiger partial charge is 0.481 e. The van der Waals surface area contributed by atoms with Crippen LogP contribution in [0.2, 0.25) is 0 Å². The van der Waals surface area contributed by atoms with Gasteiger partial charge in [-0.2, -0.15) is 0 Å². The average molecular weight is 391 g/mol. The number of benzene rings is 1. The van der Waals surface area contributed by atoms with Crippen LogP contribution >= 0.6 is 15.9 Å². The highest BCUT2D eigenvalue weighted by atomic mass is 79.9. The summed E-state index contributed by atoms with van der Waals surface area (Å²) < 4.78 is 0.963. The van der Waals surface area contributed by atoms with Crippen molar-refractivity contribution in [2.45, 2.75) is 19.8 Å². The first-order chi connectivity index (χ1) is 11.5. The second-order valence-electron chi connectivity index (χ2n) is 5.86. The number of para-hydroxylation sites is 1. The lowest BCUT2D eigenvalue weighted by molar-refractivity contribution is -0.142. The molecule has 0 saturated carbocycles. The van der Waals surface area contributed by atoms with Gasteiger partial charge in [0.15, 0.2) is 0 Å². The van der Waals surface area contributed by atoms with Gasteiger partial charge in [-0.25, -0.2) is 9.97 Å². The van der Waals surface area contributed by atoms with Crippen molar-refractivity contribution in [3.63, 3.8) is 0 Å². The van der Waals surface area contributed by atoms with E-state index in [9.17, 15) is 4.79 Å². The zero-order valence-corrected chi connectivity index (χ0v) is 15.0. The molecule has 1 aliphatic rings. The van der Waals surface area contributed by atoms with Gasteiger partial charge in [0.1, 0.15) is 17.5 Å². The molecular formula is C17H19BrN4O2. The molecular weight excluding hydrogens is 372 g/mol. The number of anilines is 3. The number of aryl methyl sites for hydroxylation is 1. The summed E-state index contributed by atoms with van der Waals surface area (Å²) in [6.07, 6.45) is 1.29. The van der Waals surface area contributed by atoms with Crippen LogP contribution < -0.4 is 10.2 Å². The van der Waals surface area contributed by atoms with Crippen LogP contribution in [0.1, 0.15) is 18.7 Å². The monoisotopic (exact) mass is 390 g/mol. The molecule has 0 atom stereocenters. The van der Waals surface area contributed by atoms with Crippen molar-refractivity contribution in [3.8, 4) is 0 Å². The van der Waals surface area contributed by atoms with Gasteiger partial charge in [-0.3, -0.25) is 4.79 Å². The van der Waals surface area contributed by atoms with E-state index in [1.165, 1.54) is 0 Å². The Balaban J connectivity index is 1.77. The van der Waals surface area contributed by atoms with E-state index in [4.69, 9.17) is 5.11 Å². The molecule has 1 saturated heterocycles. The summed E-state index contributed by atoms with van der Waals surface area (Å²) in [6.45, 7) is 3.25. The summed E-state index contributed by atoms with van der Waals surface area (Å²) >= 11 is 3.52. The number of carboxylic acids is 1. The van der Waals surface area contributed by atoms with Gasteiger partial charge in [-0.1, -0.05) is 12.1 Å². The molecule has 0 unspecified atom stereocenters. The summed E-state index contributed by atoms with van der Waals surface area (Å²) in [5.74, 6) is 1.29. The van der Waals surface area contributed by atoms with Crippen LogP contribution in [0.3, 0.4) is 0 Å². The maximum atomic E-state index is 11.1. The molecule has 0 aliphatic carbocycles. The minimum Gasteiger partial charge on any atom is -0.481 e. The fourth-order valence-electron chi connectivity index (χ4n) is 2.83. The molecule has 1 aromatic heterocycles. The zero-order chi connectivity index (χ0) is 17.1. The Morgan fingerprint density at radius 3 is 2.67 bits per heavy atom. The van der Waals surface area contributed by atoms with Crippen molar-refractivity contribution in [2.24, 2.45) is 5.92 Å². The second kappa shape index (κ2) is 7.17. The number of halogens is 1. The maximum absolute atomic E-state index is 11.1. The molecule has 7 heteroatoms. The van der Waals surface area contributed by atoms with E-state index in [2.05, 4.69) is 36.1 Å². The first-order valence-electron chi connectivity index (χ1n) is 7.88. The Hall–Kier alpha value is -2.15. The molecule has 1 fully saturated rings. The minimum absolute atomic E-state index is 0.248. The van der Waals surface area contributed by atoms with Crippen LogP contribution in [-0.4, -0.2) is 34.1 Å². The number of piperidine rings is 1. The number of hydrogen-bond acceptors (Lipinski definition) is 5. The Morgan fingerprint density at radius 2 is 2.00 bits per heavy atom. The second-order valence-corrected chi connectivity index (χ2v) is 6.72. The lowest BCUT2D eigenvalue weighted by Crippen LogP contribution is -2.36. The van der Waals surface area contributed by atoms with Crippen molar-refractivity contribution in [2.75, 3.05) is 23.3 Å². The van der Waals surface area contributed by atoms with Gasteiger partial charge in [0.2, 0.25) is 0 Å². The number of rotatable bonds is 4. The molecule has 0 spiro atoms. The van der Waals surface area contributed by atoms with Crippen LogP contribution in [0.5, 0.6) is 0 Å². The number of nitrogens with one attached hydrogen (secondary N) is 1. The van der Waals surface area contributed by atoms with Crippen molar-refractivity contribution < 1.29 is 9.90 Å². The normalized spacial score (nSPS) is 15.3. The molecule has 6 nitrogen and oxygen atoms in total. The highest BCUT2D eigenvalue weighted by Crippen LogP contribution is 2.27. The van der Waals surface area contributed by atoms with Crippen LogP contribution in [0.25, 0.3) is 0 Å². The van der Waals surface area contributed by atoms with Gasteiger partial charge in [-0.05, 0) is 47.8 Å². The van der Waals surface area contributed by atoms with Crippen LogP contribution in [0, 0.1) is 12.8 Å². The first-order valence-corrected chi connectivity index (χ1v) is 8.67. The third-order valence-electron chi connectivity index (χ3n) is 4.13. The average Bonchev–Trinajstić information content (AvgIpc) is 2.56. The molecule has 3 rings (SSSR count). The fourth-order valence-corrected chi connectivity index (χ4v) is 3.22. The van der Waals surface area contributed by atoms with Gasteiger partial charge >= 0.3 is 5.97 Å². The van der Waals surface area contributed by atoms with Gasteiger partial charge in [0.05, 0.1) is 11.6 Å². The molecule has 1 aliphatic heterocycles. The quantitative estimate of drug-likeness (QED) is 0.830. The van der Waals surface area contributed by atoms with E-state index < -0.39 is 5.97 Å². The molecule has 24 heavy (non-hydrogen) atoms. The van der Waals surface area contributed by atoms with Crippen molar-refractivity contribution in [1.29, 1.82) is 0 Å². The van der Waals surface area contributed by atoms with Gasteiger partial charge in [-0.15, -0.1) is 0 Å². The van der Waals surface area contributed by atoms with E-state index in [1.54, 1.807) is 0 Å². The van der Waals surface area contributed by atoms with Crippen molar-refractivity contribution >= 4 is 39.2 Å². The number of aliphatic carboxylic acids is 1. The predicted molar refractivity (Wildman–Crippen MR) is 96.8 cm³/mol. The number of aromatic nitrogens is 2. The van der Waals surface area contributed by atoms with E-state index in [0.29, 0.717) is 31.8 Å². The van der Waals surface area contributed by atoms with E-state index >= 15 is 0 Å². The number of nitrogens with zero attached hydrogens (tertiary/aromatic N) is 3. The highest BCUT2D eigenvalue weighted by molar-refractivity contribution is 9.10. The Kier molecular flexibility index (Phi) is 4.99. The first kappa shape index (κ1) is 16.7. The van der Waals surface area contributed by atoms with Crippen LogP contribution in [0.15, 0.2) is 34.8 Å². The number of carboxylic acid groups (broad SMARTS) is 1. The van der Waals surface area contributed by atoms with Crippen molar-refractivity contribution in [3.05, 3.63) is 40.6 Å². The van der Waals surface area contributed by atoms with Gasteiger partial charge in [0.25, 0.3) is 0 Å². The highest BCUT2D eigenvalue weighted by Gasteiger charge is 2.25. The van der Waals surface area contributed by atoms with Gasteiger partial charge in [0, 0.05) is 23.6 Å². The Bertz CT molecular complexity index is 745. The molecule has 126 valence electrons. The standard InChI is InChI=1S/C17H19BrN4O2/c1-11-19-15(21-14-5-3-2-4-13(14)18)10-16(20-11)22-8-6-12(7-9-22)17(23)24/h2-5,10,12H,6-9H2,1H3,(H,23,24)(H,19,20,21). The lowest BCUT2D eigenvalue weighted by Gasteiger charge is -2.31. The SMILES string of the molecule is Cc1nc(Nc2ccccc2Br)cc(N2CCC(C(=O)O)CC2)n1. The van der Waals surface area contributed by atoms with E-state index in [1.807, 2.05) is 37.3 Å². The Labute approximate surface area is 149 Å². The topological polar surface area (TPSA) is 78.4 Å². The molecule has 0 radical (unpaired) electrons. The third-order valence-corrected chi connectivity index (χ3v) is 4.82. The predicted octanol–water partition coefficient (Wildman–Crippen LogP) is 3.59. The smallest absolute Gasteiger partial charge is 0.306 e. The maximum Gasteiger partial charge on any atom is 0.306 e. The minimum atomic E-state index is -0.704. The van der Waals surface area contributed by atoms with Gasteiger partial charge < -0.3 is 15.3 Å². The fraction of sp³-hybridized carbons (Fsp3) is 0.353. The molecule has 0 bridgehead atoms. The lowest BCUT2D eigenvalue weighted by atomic mass is 9.97. The summed E-state index contributed by atoms with van der Waals surface area (Å²) in [7, 11) is 0. The van der Waals surface area contributed by atoms with Crippen molar-refractivity contribution in [1.82, 2.24) is 9.97 Å². The molecule has 1 aromatic carbocycles. The molecule has 0 amide bonds. The van der Waals surface area contributed by atoms with E-state index in [-0.39, 0.29) is 5.92 Å². The summed E-state index contributed by atoms with van der Waals surface area (Å²) in [6, 6.07) is 9.76. The Morgan fingerprint density at radius 1 is 1.29 bits per heavy atom.